The van der Waals surface area contributed by atoms with Gasteiger partial charge in [-0.3, -0.25) is 4.79 Å². The second-order valence-corrected chi connectivity index (χ2v) is 6.31. The summed E-state index contributed by atoms with van der Waals surface area (Å²) in [6.45, 7) is 4.06. The molecule has 1 aliphatic carbocycles. The lowest BCUT2D eigenvalue weighted by Crippen LogP contribution is -2.29. The van der Waals surface area contributed by atoms with Crippen LogP contribution in [-0.4, -0.2) is 29.1 Å². The molecule has 0 amide bonds. The maximum Gasteiger partial charge on any atom is 0.306 e. The Labute approximate surface area is 118 Å². The highest BCUT2D eigenvalue weighted by atomic mass is 32.1. The van der Waals surface area contributed by atoms with Crippen LogP contribution in [0.5, 0.6) is 0 Å². The minimum atomic E-state index is -0.618. The number of aromatic nitrogens is 1. The molecule has 0 aliphatic heterocycles. The van der Waals surface area contributed by atoms with Gasteiger partial charge in [-0.25, -0.2) is 4.98 Å². The van der Waals surface area contributed by atoms with E-state index in [1.165, 1.54) is 4.88 Å². The molecule has 0 saturated heterocycles. The summed E-state index contributed by atoms with van der Waals surface area (Å²) < 4.78 is 0. The van der Waals surface area contributed by atoms with E-state index in [4.69, 9.17) is 5.11 Å². The van der Waals surface area contributed by atoms with Crippen LogP contribution < -0.4 is 5.32 Å². The van der Waals surface area contributed by atoms with E-state index in [0.717, 1.165) is 50.9 Å². The first-order valence-corrected chi connectivity index (χ1v) is 7.87. The average molecular weight is 282 g/mol. The summed E-state index contributed by atoms with van der Waals surface area (Å²) in [6.07, 6.45) is 4.82. The van der Waals surface area contributed by atoms with Crippen molar-refractivity contribution in [1.29, 1.82) is 0 Å². The number of hydrogen-bond donors (Lipinski definition) is 2. The lowest BCUT2D eigenvalue weighted by atomic mass is 9.82. The fraction of sp³-hybridized carbons (Fsp3) is 0.714. The van der Waals surface area contributed by atoms with Gasteiger partial charge in [0.15, 0.2) is 0 Å². The third kappa shape index (κ3) is 4.28. The van der Waals surface area contributed by atoms with Gasteiger partial charge in [0.05, 0.1) is 17.1 Å². The fourth-order valence-corrected chi connectivity index (χ4v) is 3.47. The van der Waals surface area contributed by atoms with Crippen molar-refractivity contribution >= 4 is 17.3 Å². The van der Waals surface area contributed by atoms with E-state index >= 15 is 0 Å². The maximum absolute atomic E-state index is 10.9. The molecule has 0 atom stereocenters. The lowest BCUT2D eigenvalue weighted by molar-refractivity contribution is -0.143. The van der Waals surface area contributed by atoms with Crippen LogP contribution in [-0.2, 0) is 11.2 Å². The van der Waals surface area contributed by atoms with Gasteiger partial charge in [-0.05, 0) is 51.5 Å². The van der Waals surface area contributed by atoms with E-state index in [1.807, 2.05) is 5.51 Å². The van der Waals surface area contributed by atoms with Crippen LogP contribution in [0, 0.1) is 18.8 Å². The van der Waals surface area contributed by atoms with Gasteiger partial charge in [0.25, 0.3) is 0 Å². The molecule has 4 nitrogen and oxygen atoms in total. The summed E-state index contributed by atoms with van der Waals surface area (Å²) in [4.78, 5) is 16.5. The van der Waals surface area contributed by atoms with Gasteiger partial charge in [0.1, 0.15) is 0 Å². The molecular formula is C14H22N2O2S. The molecule has 0 unspecified atom stereocenters. The zero-order chi connectivity index (χ0) is 13.7. The molecule has 0 spiro atoms. The Kier molecular flexibility index (Phi) is 5.34. The summed E-state index contributed by atoms with van der Waals surface area (Å²) in [7, 11) is 0. The van der Waals surface area contributed by atoms with Crippen LogP contribution in [0.4, 0.5) is 0 Å². The molecule has 1 aromatic heterocycles. The molecule has 5 heteroatoms. The van der Waals surface area contributed by atoms with Gasteiger partial charge in [-0.15, -0.1) is 11.3 Å². The zero-order valence-electron chi connectivity index (χ0n) is 11.4. The molecule has 2 N–H and O–H groups in total. The van der Waals surface area contributed by atoms with Gasteiger partial charge in [-0.2, -0.15) is 0 Å². The van der Waals surface area contributed by atoms with E-state index in [1.54, 1.807) is 11.3 Å². The van der Waals surface area contributed by atoms with Crippen LogP contribution >= 0.6 is 11.3 Å². The van der Waals surface area contributed by atoms with Gasteiger partial charge in [-0.1, -0.05) is 0 Å². The standard InChI is InChI=1S/C14H22N2O2S/c1-10-13(19-9-16-10)6-7-15-8-11-2-4-12(5-3-11)14(17)18/h9,11-12,15H,2-8H2,1H3,(H,17,18). The first kappa shape index (κ1) is 14.5. The molecule has 1 heterocycles. The van der Waals surface area contributed by atoms with Crippen molar-refractivity contribution in [1.82, 2.24) is 10.3 Å². The topological polar surface area (TPSA) is 62.2 Å². The van der Waals surface area contributed by atoms with Crippen LogP contribution in [0.1, 0.15) is 36.3 Å². The zero-order valence-corrected chi connectivity index (χ0v) is 12.2. The minimum Gasteiger partial charge on any atom is -0.481 e. The predicted octanol–water partition coefficient (Wildman–Crippen LogP) is 2.47. The fourth-order valence-electron chi connectivity index (χ4n) is 2.69. The van der Waals surface area contributed by atoms with E-state index in [-0.39, 0.29) is 5.92 Å². The number of aliphatic carboxylic acids is 1. The Balaban J connectivity index is 1.60. The van der Waals surface area contributed by atoms with Crippen molar-refractivity contribution in [3.63, 3.8) is 0 Å². The molecule has 1 fully saturated rings. The number of nitrogens with zero attached hydrogens (tertiary/aromatic N) is 1. The number of aryl methyl sites for hydroxylation is 1. The van der Waals surface area contributed by atoms with Crippen molar-refractivity contribution in [2.45, 2.75) is 39.0 Å². The summed E-state index contributed by atoms with van der Waals surface area (Å²) in [5.74, 6) is -0.0682. The Morgan fingerprint density at radius 2 is 2.21 bits per heavy atom. The maximum atomic E-state index is 10.9. The first-order chi connectivity index (χ1) is 9.16. The molecular weight excluding hydrogens is 260 g/mol. The highest BCUT2D eigenvalue weighted by Crippen LogP contribution is 2.28. The highest BCUT2D eigenvalue weighted by Gasteiger charge is 2.25. The van der Waals surface area contributed by atoms with E-state index in [2.05, 4.69) is 17.2 Å². The van der Waals surface area contributed by atoms with Crippen molar-refractivity contribution in [3.05, 3.63) is 16.1 Å². The van der Waals surface area contributed by atoms with Gasteiger partial charge in [0.2, 0.25) is 0 Å². The molecule has 106 valence electrons. The largest absolute Gasteiger partial charge is 0.481 e. The van der Waals surface area contributed by atoms with Crippen molar-refractivity contribution in [2.75, 3.05) is 13.1 Å². The molecule has 1 aromatic rings. The quantitative estimate of drug-likeness (QED) is 0.787. The number of carbonyl (C=O) groups is 1. The Morgan fingerprint density at radius 3 is 2.79 bits per heavy atom. The van der Waals surface area contributed by atoms with Crippen LogP contribution in [0.2, 0.25) is 0 Å². The molecule has 0 bridgehead atoms. The SMILES string of the molecule is Cc1ncsc1CCNCC1CCC(C(=O)O)CC1. The monoisotopic (exact) mass is 282 g/mol. The number of carboxylic acid groups (broad SMARTS) is 1. The molecule has 0 radical (unpaired) electrons. The van der Waals surface area contributed by atoms with Gasteiger partial charge in [0, 0.05) is 11.4 Å². The van der Waals surface area contributed by atoms with Crippen molar-refractivity contribution in [2.24, 2.45) is 11.8 Å². The smallest absolute Gasteiger partial charge is 0.306 e. The summed E-state index contributed by atoms with van der Waals surface area (Å²) in [5, 5.41) is 12.4. The van der Waals surface area contributed by atoms with Gasteiger partial charge >= 0.3 is 5.97 Å². The molecule has 1 aliphatic rings. The normalized spacial score (nSPS) is 23.4. The minimum absolute atomic E-state index is 0.101. The average Bonchev–Trinajstić information content (AvgIpc) is 2.81. The summed E-state index contributed by atoms with van der Waals surface area (Å²) >= 11 is 1.72. The highest BCUT2D eigenvalue weighted by molar-refractivity contribution is 7.09. The molecule has 1 saturated carbocycles. The Bertz CT molecular complexity index is 411. The number of hydrogen-bond acceptors (Lipinski definition) is 4. The number of carboxylic acids is 1. The van der Waals surface area contributed by atoms with Gasteiger partial charge < -0.3 is 10.4 Å². The van der Waals surface area contributed by atoms with Crippen LogP contribution in [0.15, 0.2) is 5.51 Å². The number of nitrogens with one attached hydrogen (secondary N) is 1. The predicted molar refractivity (Wildman–Crippen MR) is 76.5 cm³/mol. The number of thiazole rings is 1. The third-order valence-corrected chi connectivity index (χ3v) is 5.00. The molecule has 19 heavy (non-hydrogen) atoms. The van der Waals surface area contributed by atoms with Crippen LogP contribution in [0.25, 0.3) is 0 Å². The number of rotatable bonds is 6. The lowest BCUT2D eigenvalue weighted by Gasteiger charge is -2.26. The van der Waals surface area contributed by atoms with E-state index in [0.29, 0.717) is 5.92 Å². The Morgan fingerprint density at radius 1 is 1.47 bits per heavy atom. The second-order valence-electron chi connectivity index (χ2n) is 5.37. The Hall–Kier alpha value is -0.940. The van der Waals surface area contributed by atoms with Crippen LogP contribution in [0.3, 0.4) is 0 Å². The summed E-state index contributed by atoms with van der Waals surface area (Å²) in [6, 6.07) is 0. The summed E-state index contributed by atoms with van der Waals surface area (Å²) in [5.41, 5.74) is 3.05. The van der Waals surface area contributed by atoms with Crippen molar-refractivity contribution < 1.29 is 9.90 Å². The molecule has 2 rings (SSSR count). The van der Waals surface area contributed by atoms with Crippen molar-refractivity contribution in [3.8, 4) is 0 Å². The van der Waals surface area contributed by atoms with E-state index in [9.17, 15) is 4.79 Å². The first-order valence-electron chi connectivity index (χ1n) is 6.99. The van der Waals surface area contributed by atoms with E-state index < -0.39 is 5.97 Å². The molecule has 0 aromatic carbocycles. The third-order valence-electron chi connectivity index (χ3n) is 4.00. The second kappa shape index (κ2) is 7.01.